The zero-order valence-electron chi connectivity index (χ0n) is 20.4. The first kappa shape index (κ1) is 30.3. The standard InChI is InChI=1S/C23H35N5O8/c1-11(2)18(21(33)26-16(23(35)36)8-9-17(25)31)27-22(34)19(12(3)29)28-20(32)15(24)10-13-4-6-14(30)7-5-13/h4-7,11-12,15-16,18-19,29-30H,8-10,24H2,1-3H3,(H2,25,31)(H,26,33)(H,27,34)(H,28,32)(H,35,36). The number of carbonyl (C=O) groups is 5. The van der Waals surface area contributed by atoms with E-state index in [1.54, 1.807) is 26.0 Å². The van der Waals surface area contributed by atoms with E-state index in [4.69, 9.17) is 11.5 Å². The van der Waals surface area contributed by atoms with Crippen LogP contribution < -0.4 is 27.4 Å². The number of aliphatic hydroxyl groups excluding tert-OH is 1. The number of phenols is 1. The largest absolute Gasteiger partial charge is 0.508 e. The molecule has 0 aromatic heterocycles. The number of hydrogen-bond acceptors (Lipinski definition) is 8. The van der Waals surface area contributed by atoms with Gasteiger partial charge in [-0.2, -0.15) is 0 Å². The minimum Gasteiger partial charge on any atom is -0.508 e. The van der Waals surface area contributed by atoms with Gasteiger partial charge in [-0.15, -0.1) is 0 Å². The van der Waals surface area contributed by atoms with Crippen molar-refractivity contribution in [1.29, 1.82) is 0 Å². The number of amides is 4. The maximum Gasteiger partial charge on any atom is 0.326 e. The number of carbonyl (C=O) groups excluding carboxylic acids is 4. The maximum absolute atomic E-state index is 12.9. The van der Waals surface area contributed by atoms with Crippen LogP contribution in [0, 0.1) is 5.92 Å². The molecule has 0 radical (unpaired) electrons. The van der Waals surface area contributed by atoms with E-state index in [-0.39, 0.29) is 25.0 Å². The van der Waals surface area contributed by atoms with E-state index in [0.717, 1.165) is 0 Å². The van der Waals surface area contributed by atoms with Gasteiger partial charge in [-0.1, -0.05) is 26.0 Å². The van der Waals surface area contributed by atoms with Gasteiger partial charge in [-0.05, 0) is 43.4 Å². The van der Waals surface area contributed by atoms with Crippen LogP contribution >= 0.6 is 0 Å². The van der Waals surface area contributed by atoms with Crippen LogP contribution in [0.1, 0.15) is 39.2 Å². The molecule has 0 aliphatic heterocycles. The van der Waals surface area contributed by atoms with Gasteiger partial charge in [0.2, 0.25) is 23.6 Å². The second-order valence-corrected chi connectivity index (χ2v) is 8.84. The highest BCUT2D eigenvalue weighted by molar-refractivity contribution is 5.94. The van der Waals surface area contributed by atoms with Crippen LogP contribution in [-0.2, 0) is 30.4 Å². The molecule has 200 valence electrons. The van der Waals surface area contributed by atoms with E-state index in [0.29, 0.717) is 5.56 Å². The Morgan fingerprint density at radius 3 is 1.89 bits per heavy atom. The van der Waals surface area contributed by atoms with Crippen LogP contribution in [0.3, 0.4) is 0 Å². The number of aliphatic carboxylic acids is 1. The lowest BCUT2D eigenvalue weighted by molar-refractivity contribution is -0.143. The van der Waals surface area contributed by atoms with Crippen molar-refractivity contribution in [2.24, 2.45) is 17.4 Å². The summed E-state index contributed by atoms with van der Waals surface area (Å²) in [5.74, 6) is -5.00. The first-order valence-corrected chi connectivity index (χ1v) is 11.4. The Bertz CT molecular complexity index is 935. The van der Waals surface area contributed by atoms with Crippen LogP contribution in [0.5, 0.6) is 5.75 Å². The van der Waals surface area contributed by atoms with Gasteiger partial charge >= 0.3 is 5.97 Å². The van der Waals surface area contributed by atoms with Crippen molar-refractivity contribution in [1.82, 2.24) is 16.0 Å². The number of carboxylic acid groups (broad SMARTS) is 1. The lowest BCUT2D eigenvalue weighted by Gasteiger charge is -2.28. The molecule has 0 aliphatic rings. The lowest BCUT2D eigenvalue weighted by atomic mass is 10.0. The monoisotopic (exact) mass is 509 g/mol. The summed E-state index contributed by atoms with van der Waals surface area (Å²) < 4.78 is 0. The SMILES string of the molecule is CC(C)C(NC(=O)C(NC(=O)C(N)Cc1ccc(O)cc1)C(C)O)C(=O)NC(CCC(N)=O)C(=O)O. The fraction of sp³-hybridized carbons (Fsp3) is 0.522. The molecule has 1 rings (SSSR count). The number of hydrogen-bond donors (Lipinski definition) is 8. The van der Waals surface area contributed by atoms with Crippen LogP contribution in [0.4, 0.5) is 0 Å². The summed E-state index contributed by atoms with van der Waals surface area (Å²) in [5, 5.41) is 35.8. The Balaban J connectivity index is 2.88. The molecule has 5 unspecified atom stereocenters. The quantitative estimate of drug-likeness (QED) is 0.140. The van der Waals surface area contributed by atoms with Gasteiger partial charge in [0.15, 0.2) is 0 Å². The molecule has 0 fully saturated rings. The number of primary amides is 1. The number of rotatable bonds is 14. The Labute approximate surface area is 208 Å². The minimum atomic E-state index is -1.46. The summed E-state index contributed by atoms with van der Waals surface area (Å²) in [4.78, 5) is 60.6. The van der Waals surface area contributed by atoms with E-state index < -0.39 is 65.8 Å². The molecular formula is C23H35N5O8. The molecule has 5 atom stereocenters. The second kappa shape index (κ2) is 14.0. The molecule has 13 nitrogen and oxygen atoms in total. The third-order valence-electron chi connectivity index (χ3n) is 5.33. The summed E-state index contributed by atoms with van der Waals surface area (Å²) >= 11 is 0. The molecule has 0 saturated carbocycles. The number of carboxylic acids is 1. The highest BCUT2D eigenvalue weighted by Gasteiger charge is 2.33. The number of aromatic hydroxyl groups is 1. The molecule has 13 heteroatoms. The average molecular weight is 510 g/mol. The Kier molecular flexibility index (Phi) is 11.8. The van der Waals surface area contributed by atoms with Gasteiger partial charge in [-0.3, -0.25) is 19.2 Å². The first-order valence-electron chi connectivity index (χ1n) is 11.4. The summed E-state index contributed by atoms with van der Waals surface area (Å²) in [6.07, 6.45) is -1.76. The van der Waals surface area contributed by atoms with Crippen LogP contribution in [0.25, 0.3) is 0 Å². The highest BCUT2D eigenvalue weighted by atomic mass is 16.4. The van der Waals surface area contributed by atoms with Crippen molar-refractivity contribution in [2.45, 2.75) is 70.3 Å². The topological polar surface area (TPSA) is 234 Å². The van der Waals surface area contributed by atoms with Gasteiger partial charge in [0.05, 0.1) is 12.1 Å². The molecule has 36 heavy (non-hydrogen) atoms. The number of nitrogens with one attached hydrogen (secondary N) is 3. The zero-order chi connectivity index (χ0) is 27.6. The molecule has 0 spiro atoms. The molecule has 0 aliphatic carbocycles. The normalized spacial score (nSPS) is 15.2. The predicted molar refractivity (Wildman–Crippen MR) is 128 cm³/mol. The molecule has 0 heterocycles. The van der Waals surface area contributed by atoms with E-state index in [1.165, 1.54) is 19.1 Å². The molecule has 1 aromatic carbocycles. The van der Waals surface area contributed by atoms with Gasteiger partial charge < -0.3 is 42.7 Å². The average Bonchev–Trinajstić information content (AvgIpc) is 2.78. The number of nitrogens with two attached hydrogens (primary N) is 2. The Hall–Kier alpha value is -3.71. The first-order chi connectivity index (χ1) is 16.7. The summed E-state index contributed by atoms with van der Waals surface area (Å²) in [7, 11) is 0. The van der Waals surface area contributed by atoms with Gasteiger partial charge in [0, 0.05) is 6.42 Å². The Morgan fingerprint density at radius 1 is 0.889 bits per heavy atom. The summed E-state index contributed by atoms with van der Waals surface area (Å²) in [6.45, 7) is 4.48. The van der Waals surface area contributed by atoms with Crippen molar-refractivity contribution in [3.05, 3.63) is 29.8 Å². The molecule has 4 amide bonds. The van der Waals surface area contributed by atoms with E-state index >= 15 is 0 Å². The maximum atomic E-state index is 12.9. The molecular weight excluding hydrogens is 474 g/mol. The predicted octanol–water partition coefficient (Wildman–Crippen LogP) is -1.90. The van der Waals surface area contributed by atoms with Crippen molar-refractivity contribution in [2.75, 3.05) is 0 Å². The van der Waals surface area contributed by atoms with E-state index in [1.807, 2.05) is 0 Å². The molecule has 10 N–H and O–H groups in total. The minimum absolute atomic E-state index is 0.0499. The lowest BCUT2D eigenvalue weighted by Crippen LogP contribution is -2.60. The highest BCUT2D eigenvalue weighted by Crippen LogP contribution is 2.11. The molecule has 0 bridgehead atoms. The van der Waals surface area contributed by atoms with Crippen LogP contribution in [-0.4, -0.2) is 75.2 Å². The van der Waals surface area contributed by atoms with Crippen molar-refractivity contribution < 1.29 is 39.3 Å². The second-order valence-electron chi connectivity index (χ2n) is 8.84. The summed E-state index contributed by atoms with van der Waals surface area (Å²) in [6, 6.07) is 0.891. The van der Waals surface area contributed by atoms with E-state index in [2.05, 4.69) is 16.0 Å². The van der Waals surface area contributed by atoms with Gasteiger partial charge in [0.1, 0.15) is 23.9 Å². The fourth-order valence-electron chi connectivity index (χ4n) is 3.23. The third kappa shape index (κ3) is 9.88. The molecule has 0 saturated heterocycles. The van der Waals surface area contributed by atoms with Crippen molar-refractivity contribution >= 4 is 29.6 Å². The van der Waals surface area contributed by atoms with Crippen molar-refractivity contribution in [3.8, 4) is 5.75 Å². The van der Waals surface area contributed by atoms with Crippen molar-refractivity contribution in [3.63, 3.8) is 0 Å². The van der Waals surface area contributed by atoms with Crippen LogP contribution in [0.2, 0.25) is 0 Å². The number of aliphatic hydroxyl groups is 1. The smallest absolute Gasteiger partial charge is 0.326 e. The Morgan fingerprint density at radius 2 is 1.42 bits per heavy atom. The molecule has 1 aromatic rings. The fourth-order valence-corrected chi connectivity index (χ4v) is 3.23. The number of benzene rings is 1. The summed E-state index contributed by atoms with van der Waals surface area (Å²) in [5.41, 5.74) is 11.6. The third-order valence-corrected chi connectivity index (χ3v) is 5.33. The van der Waals surface area contributed by atoms with E-state index in [9.17, 15) is 39.3 Å². The van der Waals surface area contributed by atoms with Crippen LogP contribution in [0.15, 0.2) is 24.3 Å². The van der Waals surface area contributed by atoms with Gasteiger partial charge in [0.25, 0.3) is 0 Å². The zero-order valence-corrected chi connectivity index (χ0v) is 20.4. The number of phenolic OH excluding ortho intramolecular Hbond substituents is 1. The van der Waals surface area contributed by atoms with Gasteiger partial charge in [-0.25, -0.2) is 4.79 Å².